The first-order chi connectivity index (χ1) is 6.66. The Labute approximate surface area is 82.0 Å². The zero-order chi connectivity index (χ0) is 10.1. The third-order valence-electron chi connectivity index (χ3n) is 2.37. The number of likely N-dealkylation sites (tertiary alicyclic amines) is 1. The number of nitrogens with zero attached hydrogens (tertiary/aromatic N) is 3. The first-order valence-electron chi connectivity index (χ1n) is 4.62. The Hall–Kier alpha value is -1.36. The van der Waals surface area contributed by atoms with Crippen molar-refractivity contribution in [1.29, 1.82) is 0 Å². The third kappa shape index (κ3) is 1.63. The lowest BCUT2D eigenvalue weighted by molar-refractivity contribution is 0.0759. The molecule has 0 bridgehead atoms. The molecule has 0 radical (unpaired) electrons. The highest BCUT2D eigenvalue weighted by Gasteiger charge is 2.26. The van der Waals surface area contributed by atoms with Crippen molar-refractivity contribution in [3.05, 3.63) is 18.2 Å². The van der Waals surface area contributed by atoms with E-state index in [1.165, 1.54) is 0 Å². The SMILES string of the molecule is Cn1cnc(C(=O)N2CC[C@@H](O)C2)c1. The first kappa shape index (κ1) is 9.21. The molecule has 1 aromatic heterocycles. The van der Waals surface area contributed by atoms with Gasteiger partial charge in [-0.1, -0.05) is 0 Å². The van der Waals surface area contributed by atoms with Crippen molar-refractivity contribution in [3.8, 4) is 0 Å². The molecule has 76 valence electrons. The number of amides is 1. The van der Waals surface area contributed by atoms with E-state index in [4.69, 9.17) is 0 Å². The van der Waals surface area contributed by atoms with Gasteiger partial charge in [-0.15, -0.1) is 0 Å². The summed E-state index contributed by atoms with van der Waals surface area (Å²) >= 11 is 0. The minimum absolute atomic E-state index is 0.0952. The maximum atomic E-state index is 11.7. The molecule has 0 aromatic carbocycles. The molecule has 1 fully saturated rings. The van der Waals surface area contributed by atoms with Crippen LogP contribution in [-0.4, -0.2) is 44.7 Å². The van der Waals surface area contributed by atoms with Gasteiger partial charge in [0, 0.05) is 26.3 Å². The van der Waals surface area contributed by atoms with Gasteiger partial charge in [0.05, 0.1) is 12.4 Å². The van der Waals surface area contributed by atoms with Crippen molar-refractivity contribution in [2.75, 3.05) is 13.1 Å². The summed E-state index contributed by atoms with van der Waals surface area (Å²) in [5.41, 5.74) is 0.446. The van der Waals surface area contributed by atoms with Gasteiger partial charge in [0.2, 0.25) is 0 Å². The molecule has 0 saturated carbocycles. The first-order valence-corrected chi connectivity index (χ1v) is 4.62. The highest BCUT2D eigenvalue weighted by molar-refractivity contribution is 5.92. The monoisotopic (exact) mass is 195 g/mol. The number of hydrogen-bond donors (Lipinski definition) is 1. The highest BCUT2D eigenvalue weighted by Crippen LogP contribution is 2.11. The van der Waals surface area contributed by atoms with E-state index in [9.17, 15) is 9.90 Å². The van der Waals surface area contributed by atoms with Crippen LogP contribution in [-0.2, 0) is 7.05 Å². The van der Waals surface area contributed by atoms with Gasteiger partial charge in [-0.25, -0.2) is 4.98 Å². The van der Waals surface area contributed by atoms with E-state index in [2.05, 4.69) is 4.98 Å². The zero-order valence-corrected chi connectivity index (χ0v) is 8.05. The molecule has 1 N–H and O–H groups in total. The van der Waals surface area contributed by atoms with Crippen molar-refractivity contribution in [2.24, 2.45) is 7.05 Å². The standard InChI is InChI=1S/C9H13N3O2/c1-11-5-8(10-6-11)9(14)12-3-2-7(13)4-12/h5-7,13H,2-4H2,1H3/t7-/m1/s1. The van der Waals surface area contributed by atoms with Gasteiger partial charge in [0.15, 0.2) is 0 Å². The second-order valence-corrected chi connectivity index (χ2v) is 3.62. The second kappa shape index (κ2) is 3.42. The van der Waals surface area contributed by atoms with Crippen molar-refractivity contribution in [3.63, 3.8) is 0 Å². The molecule has 1 aliphatic heterocycles. The molecule has 0 spiro atoms. The lowest BCUT2D eigenvalue weighted by atomic mass is 10.3. The quantitative estimate of drug-likeness (QED) is 0.665. The van der Waals surface area contributed by atoms with E-state index >= 15 is 0 Å². The number of aliphatic hydroxyl groups excluding tert-OH is 1. The van der Waals surface area contributed by atoms with Crippen LogP contribution >= 0.6 is 0 Å². The molecule has 2 heterocycles. The molecule has 1 amide bonds. The van der Waals surface area contributed by atoms with E-state index < -0.39 is 0 Å². The minimum Gasteiger partial charge on any atom is -0.391 e. The van der Waals surface area contributed by atoms with Crippen molar-refractivity contribution in [2.45, 2.75) is 12.5 Å². The number of rotatable bonds is 1. The summed E-state index contributed by atoms with van der Waals surface area (Å²) in [5.74, 6) is -0.0952. The Morgan fingerprint density at radius 2 is 2.50 bits per heavy atom. The summed E-state index contributed by atoms with van der Waals surface area (Å²) in [5, 5.41) is 9.28. The fraction of sp³-hybridized carbons (Fsp3) is 0.556. The Kier molecular flexibility index (Phi) is 2.25. The van der Waals surface area contributed by atoms with Gasteiger partial charge in [0.1, 0.15) is 5.69 Å². The average Bonchev–Trinajstić information content (AvgIpc) is 2.73. The number of aromatic nitrogens is 2. The van der Waals surface area contributed by atoms with Crippen LogP contribution in [0.5, 0.6) is 0 Å². The lowest BCUT2D eigenvalue weighted by Crippen LogP contribution is -2.29. The van der Waals surface area contributed by atoms with E-state index in [1.807, 2.05) is 7.05 Å². The molecule has 1 saturated heterocycles. The van der Waals surface area contributed by atoms with Gasteiger partial charge in [-0.3, -0.25) is 4.79 Å². The van der Waals surface area contributed by atoms with Crippen molar-refractivity contribution in [1.82, 2.24) is 14.5 Å². The van der Waals surface area contributed by atoms with Crippen LogP contribution in [0.3, 0.4) is 0 Å². The number of aliphatic hydroxyl groups is 1. The zero-order valence-electron chi connectivity index (χ0n) is 8.05. The lowest BCUT2D eigenvalue weighted by Gasteiger charge is -2.13. The summed E-state index contributed by atoms with van der Waals surface area (Å²) in [6, 6.07) is 0. The Balaban J connectivity index is 2.09. The number of hydrogen-bond acceptors (Lipinski definition) is 3. The minimum atomic E-state index is -0.373. The van der Waals surface area contributed by atoms with Crippen LogP contribution in [0.1, 0.15) is 16.9 Å². The Morgan fingerprint density at radius 1 is 1.71 bits per heavy atom. The summed E-state index contributed by atoms with van der Waals surface area (Å²) in [6.45, 7) is 1.05. The van der Waals surface area contributed by atoms with Gasteiger partial charge in [0.25, 0.3) is 5.91 Å². The topological polar surface area (TPSA) is 58.4 Å². The summed E-state index contributed by atoms with van der Waals surface area (Å²) < 4.78 is 1.74. The molecule has 2 rings (SSSR count). The van der Waals surface area contributed by atoms with Gasteiger partial charge in [-0.05, 0) is 6.42 Å². The van der Waals surface area contributed by atoms with Gasteiger partial charge in [-0.2, -0.15) is 0 Å². The fourth-order valence-electron chi connectivity index (χ4n) is 1.61. The maximum Gasteiger partial charge on any atom is 0.274 e. The van der Waals surface area contributed by atoms with E-state index in [1.54, 1.807) is 22.0 Å². The van der Waals surface area contributed by atoms with Gasteiger partial charge >= 0.3 is 0 Å². The van der Waals surface area contributed by atoms with Crippen LogP contribution in [0.15, 0.2) is 12.5 Å². The molecule has 0 aliphatic carbocycles. The molecule has 1 aliphatic rings. The Morgan fingerprint density at radius 3 is 3.00 bits per heavy atom. The third-order valence-corrected chi connectivity index (χ3v) is 2.37. The number of aryl methyl sites for hydroxylation is 1. The summed E-state index contributed by atoms with van der Waals surface area (Å²) in [7, 11) is 1.82. The average molecular weight is 195 g/mol. The molecular weight excluding hydrogens is 182 g/mol. The predicted octanol–water partition coefficient (Wildman–Crippen LogP) is -0.373. The molecular formula is C9H13N3O2. The maximum absolute atomic E-state index is 11.7. The highest BCUT2D eigenvalue weighted by atomic mass is 16.3. The largest absolute Gasteiger partial charge is 0.391 e. The van der Waals surface area contributed by atoms with Crippen LogP contribution in [0, 0.1) is 0 Å². The van der Waals surface area contributed by atoms with E-state index in [-0.39, 0.29) is 12.0 Å². The van der Waals surface area contributed by atoms with Gasteiger partial charge < -0.3 is 14.6 Å². The van der Waals surface area contributed by atoms with Crippen LogP contribution < -0.4 is 0 Å². The summed E-state index contributed by atoms with van der Waals surface area (Å²) in [4.78, 5) is 17.4. The van der Waals surface area contributed by atoms with E-state index in [0.717, 1.165) is 0 Å². The fourth-order valence-corrected chi connectivity index (χ4v) is 1.61. The number of β-amino-alcohol motifs (C(OH)–C–C–N with tert-alkyl or cyclic N) is 1. The molecule has 5 nitrogen and oxygen atoms in total. The Bertz CT molecular complexity index is 348. The van der Waals surface area contributed by atoms with Crippen LogP contribution in [0.2, 0.25) is 0 Å². The van der Waals surface area contributed by atoms with Crippen LogP contribution in [0.4, 0.5) is 0 Å². The second-order valence-electron chi connectivity index (χ2n) is 3.62. The molecule has 14 heavy (non-hydrogen) atoms. The molecule has 0 unspecified atom stereocenters. The molecule has 1 atom stereocenters. The smallest absolute Gasteiger partial charge is 0.274 e. The van der Waals surface area contributed by atoms with Crippen molar-refractivity contribution >= 4 is 5.91 Å². The van der Waals surface area contributed by atoms with E-state index in [0.29, 0.717) is 25.2 Å². The molecule has 1 aromatic rings. The predicted molar refractivity (Wildman–Crippen MR) is 49.7 cm³/mol. The normalized spacial score (nSPS) is 21.6. The number of carbonyl (C=O) groups is 1. The van der Waals surface area contributed by atoms with Crippen molar-refractivity contribution < 1.29 is 9.90 Å². The number of imidazole rings is 1. The molecule has 5 heteroatoms. The number of carbonyl (C=O) groups excluding carboxylic acids is 1. The summed E-state index contributed by atoms with van der Waals surface area (Å²) in [6.07, 6.45) is 3.58. The van der Waals surface area contributed by atoms with Crippen LogP contribution in [0.25, 0.3) is 0 Å².